The molecule has 5 nitrogen and oxygen atoms in total. The summed E-state index contributed by atoms with van der Waals surface area (Å²) in [7, 11) is -3.69. The van der Waals surface area contributed by atoms with Gasteiger partial charge in [-0.15, -0.1) is 0 Å². The van der Waals surface area contributed by atoms with Gasteiger partial charge in [-0.1, -0.05) is 24.3 Å². The van der Waals surface area contributed by atoms with Crippen molar-refractivity contribution in [2.45, 2.75) is 11.4 Å². The molecule has 0 atom stereocenters. The van der Waals surface area contributed by atoms with E-state index in [0.29, 0.717) is 12.2 Å². The van der Waals surface area contributed by atoms with Crippen LogP contribution in [-0.4, -0.2) is 8.42 Å². The van der Waals surface area contributed by atoms with Gasteiger partial charge in [0.1, 0.15) is 5.58 Å². The molecule has 21 heavy (non-hydrogen) atoms. The average molecular weight is 302 g/mol. The lowest BCUT2D eigenvalue weighted by atomic mass is 10.2. The van der Waals surface area contributed by atoms with Gasteiger partial charge in [-0.25, -0.2) is 13.6 Å². The summed E-state index contributed by atoms with van der Waals surface area (Å²) < 4.78 is 28.1. The SMILES string of the molecule is NS(=O)(=O)c1cccc(NCc2coc3ccccc23)c1. The smallest absolute Gasteiger partial charge is 0.238 e. The van der Waals surface area contributed by atoms with E-state index >= 15 is 0 Å². The predicted octanol–water partition coefficient (Wildman–Crippen LogP) is 2.69. The van der Waals surface area contributed by atoms with Gasteiger partial charge in [-0.2, -0.15) is 0 Å². The fourth-order valence-corrected chi connectivity index (χ4v) is 2.71. The third-order valence-electron chi connectivity index (χ3n) is 3.21. The van der Waals surface area contributed by atoms with Crippen LogP contribution in [0.5, 0.6) is 0 Å². The van der Waals surface area contributed by atoms with Crippen molar-refractivity contribution in [1.29, 1.82) is 0 Å². The minimum atomic E-state index is -3.69. The number of hydrogen-bond donors (Lipinski definition) is 2. The second kappa shape index (κ2) is 5.23. The Bertz CT molecular complexity index is 885. The summed E-state index contributed by atoms with van der Waals surface area (Å²) in [6, 6.07) is 14.2. The summed E-state index contributed by atoms with van der Waals surface area (Å²) in [5.74, 6) is 0. The lowest BCUT2D eigenvalue weighted by molar-refractivity contribution is 0.597. The Morgan fingerprint density at radius 2 is 1.90 bits per heavy atom. The number of rotatable bonds is 4. The first-order valence-corrected chi connectivity index (χ1v) is 7.90. The van der Waals surface area contributed by atoms with Crippen LogP contribution in [0, 0.1) is 0 Å². The number of para-hydroxylation sites is 1. The molecule has 2 aromatic carbocycles. The molecule has 0 fully saturated rings. The molecule has 1 heterocycles. The van der Waals surface area contributed by atoms with Crippen LogP contribution < -0.4 is 10.5 Å². The monoisotopic (exact) mass is 302 g/mol. The van der Waals surface area contributed by atoms with E-state index in [1.165, 1.54) is 12.1 Å². The molecule has 0 saturated heterocycles. The number of fused-ring (bicyclic) bond motifs is 1. The topological polar surface area (TPSA) is 85.3 Å². The standard InChI is InChI=1S/C15H14N2O3S/c16-21(18,19)13-5-3-4-12(8-13)17-9-11-10-20-15-7-2-1-6-14(11)15/h1-8,10,17H,9H2,(H2,16,18,19). The molecule has 3 rings (SSSR count). The third kappa shape index (κ3) is 2.91. The molecule has 3 N–H and O–H groups in total. The zero-order valence-electron chi connectivity index (χ0n) is 11.1. The zero-order valence-corrected chi connectivity index (χ0v) is 11.9. The molecule has 0 unspecified atom stereocenters. The van der Waals surface area contributed by atoms with Crippen molar-refractivity contribution < 1.29 is 12.8 Å². The third-order valence-corrected chi connectivity index (χ3v) is 4.12. The number of benzene rings is 2. The van der Waals surface area contributed by atoms with Crippen molar-refractivity contribution in [3.05, 3.63) is 60.4 Å². The molecular formula is C15H14N2O3S. The van der Waals surface area contributed by atoms with Gasteiger partial charge in [-0.3, -0.25) is 0 Å². The first-order valence-electron chi connectivity index (χ1n) is 6.36. The molecule has 1 aromatic heterocycles. The molecule has 3 aromatic rings. The second-order valence-corrected chi connectivity index (χ2v) is 6.24. The summed E-state index contributed by atoms with van der Waals surface area (Å²) in [5.41, 5.74) is 2.52. The van der Waals surface area contributed by atoms with Gasteiger partial charge >= 0.3 is 0 Å². The van der Waals surface area contributed by atoms with E-state index in [2.05, 4.69) is 5.32 Å². The largest absolute Gasteiger partial charge is 0.464 e. The maximum Gasteiger partial charge on any atom is 0.238 e. The number of hydrogen-bond acceptors (Lipinski definition) is 4. The predicted molar refractivity (Wildman–Crippen MR) is 81.4 cm³/mol. The van der Waals surface area contributed by atoms with Gasteiger partial charge < -0.3 is 9.73 Å². The molecule has 0 amide bonds. The van der Waals surface area contributed by atoms with Crippen LogP contribution in [0.25, 0.3) is 11.0 Å². The van der Waals surface area contributed by atoms with Gasteiger partial charge in [-0.05, 0) is 24.3 Å². The Kier molecular flexibility index (Phi) is 3.40. The highest BCUT2D eigenvalue weighted by atomic mass is 32.2. The summed E-state index contributed by atoms with van der Waals surface area (Å²) in [5, 5.41) is 9.33. The molecule has 0 radical (unpaired) electrons. The van der Waals surface area contributed by atoms with E-state index in [1.807, 2.05) is 24.3 Å². The number of anilines is 1. The van der Waals surface area contributed by atoms with Crippen LogP contribution in [-0.2, 0) is 16.6 Å². The van der Waals surface area contributed by atoms with Crippen LogP contribution in [0.1, 0.15) is 5.56 Å². The van der Waals surface area contributed by atoms with Gasteiger partial charge in [0.25, 0.3) is 0 Å². The molecule has 0 spiro atoms. The molecule has 0 saturated carbocycles. The van der Waals surface area contributed by atoms with Crippen LogP contribution in [0.15, 0.2) is 64.1 Å². The van der Waals surface area contributed by atoms with Gasteiger partial charge in [0, 0.05) is 23.2 Å². The van der Waals surface area contributed by atoms with Crippen molar-refractivity contribution in [2.75, 3.05) is 5.32 Å². The molecule has 0 aliphatic carbocycles. The van der Waals surface area contributed by atoms with E-state index in [4.69, 9.17) is 9.56 Å². The van der Waals surface area contributed by atoms with Crippen LogP contribution in [0.2, 0.25) is 0 Å². The van der Waals surface area contributed by atoms with Crippen molar-refractivity contribution in [2.24, 2.45) is 5.14 Å². The minimum Gasteiger partial charge on any atom is -0.464 e. The first kappa shape index (κ1) is 13.7. The highest BCUT2D eigenvalue weighted by molar-refractivity contribution is 7.89. The Labute approximate surface area is 122 Å². The maximum absolute atomic E-state index is 11.3. The molecule has 0 aliphatic heterocycles. The molecule has 108 valence electrons. The molecule has 0 bridgehead atoms. The van der Waals surface area contributed by atoms with Crippen molar-refractivity contribution in [1.82, 2.24) is 0 Å². The van der Waals surface area contributed by atoms with E-state index in [-0.39, 0.29) is 4.90 Å². The van der Waals surface area contributed by atoms with Crippen molar-refractivity contribution in [3.8, 4) is 0 Å². The summed E-state index contributed by atoms with van der Waals surface area (Å²) in [4.78, 5) is 0.0875. The van der Waals surface area contributed by atoms with E-state index in [1.54, 1.807) is 18.4 Å². The zero-order chi connectivity index (χ0) is 14.9. The number of furan rings is 1. The number of nitrogens with two attached hydrogens (primary N) is 1. The fourth-order valence-electron chi connectivity index (χ4n) is 2.15. The quantitative estimate of drug-likeness (QED) is 0.776. The van der Waals surface area contributed by atoms with E-state index < -0.39 is 10.0 Å². The Morgan fingerprint density at radius 3 is 2.71 bits per heavy atom. The van der Waals surface area contributed by atoms with Crippen LogP contribution in [0.3, 0.4) is 0 Å². The van der Waals surface area contributed by atoms with E-state index in [9.17, 15) is 8.42 Å². The highest BCUT2D eigenvalue weighted by Crippen LogP contribution is 2.22. The lowest BCUT2D eigenvalue weighted by Gasteiger charge is -2.06. The Hall–Kier alpha value is -2.31. The average Bonchev–Trinajstić information content (AvgIpc) is 2.88. The van der Waals surface area contributed by atoms with Crippen LogP contribution in [0.4, 0.5) is 5.69 Å². The molecular weight excluding hydrogens is 288 g/mol. The van der Waals surface area contributed by atoms with Crippen molar-refractivity contribution in [3.63, 3.8) is 0 Å². The summed E-state index contributed by atoms with van der Waals surface area (Å²) in [6.07, 6.45) is 1.70. The van der Waals surface area contributed by atoms with Crippen molar-refractivity contribution >= 4 is 26.7 Å². The fraction of sp³-hybridized carbons (Fsp3) is 0.0667. The Morgan fingerprint density at radius 1 is 1.10 bits per heavy atom. The number of sulfonamides is 1. The maximum atomic E-state index is 11.3. The lowest BCUT2D eigenvalue weighted by Crippen LogP contribution is -2.12. The highest BCUT2D eigenvalue weighted by Gasteiger charge is 2.09. The van der Waals surface area contributed by atoms with Crippen LogP contribution >= 0.6 is 0 Å². The summed E-state index contributed by atoms with van der Waals surface area (Å²) >= 11 is 0. The number of nitrogens with one attached hydrogen (secondary N) is 1. The number of primary sulfonamides is 1. The van der Waals surface area contributed by atoms with Gasteiger partial charge in [0.15, 0.2) is 0 Å². The second-order valence-electron chi connectivity index (χ2n) is 4.68. The first-order chi connectivity index (χ1) is 10.0. The van der Waals surface area contributed by atoms with E-state index in [0.717, 1.165) is 16.5 Å². The Balaban J connectivity index is 1.82. The molecule has 6 heteroatoms. The summed E-state index contributed by atoms with van der Waals surface area (Å²) in [6.45, 7) is 0.533. The normalized spacial score (nSPS) is 11.7. The minimum absolute atomic E-state index is 0.0875. The van der Waals surface area contributed by atoms with Gasteiger partial charge in [0.05, 0.1) is 11.2 Å². The van der Waals surface area contributed by atoms with Gasteiger partial charge in [0.2, 0.25) is 10.0 Å². The molecule has 0 aliphatic rings.